The highest BCUT2D eigenvalue weighted by Crippen LogP contribution is 2.28. The Morgan fingerprint density at radius 1 is 1.30 bits per heavy atom. The molecule has 1 aromatic heterocycles. The first-order valence-electron chi connectivity index (χ1n) is 7.18. The van der Waals surface area contributed by atoms with E-state index in [1.807, 2.05) is 0 Å². The molecule has 0 aliphatic carbocycles. The highest BCUT2D eigenvalue weighted by Gasteiger charge is 2.28. The van der Waals surface area contributed by atoms with Crippen molar-refractivity contribution in [3.8, 4) is 5.88 Å². The zero-order valence-electron chi connectivity index (χ0n) is 13.5. The van der Waals surface area contributed by atoms with E-state index in [0.717, 1.165) is 0 Å². The number of nitrogens with zero attached hydrogens (tertiary/aromatic N) is 4. The Labute approximate surface area is 144 Å². The number of halogens is 1. The molecule has 1 saturated heterocycles. The molecule has 0 unspecified atom stereocenters. The lowest BCUT2D eigenvalue weighted by molar-refractivity contribution is 0.0636. The van der Waals surface area contributed by atoms with Crippen molar-refractivity contribution in [3.63, 3.8) is 0 Å². The van der Waals surface area contributed by atoms with E-state index in [9.17, 15) is 13.2 Å². The Hall–Kier alpha value is -1.13. The fourth-order valence-corrected chi connectivity index (χ4v) is 3.72. The van der Waals surface area contributed by atoms with Crippen LogP contribution in [0.15, 0.2) is 4.47 Å². The second-order valence-electron chi connectivity index (χ2n) is 5.56. The van der Waals surface area contributed by atoms with Crippen LogP contribution >= 0.6 is 15.9 Å². The molecule has 10 heteroatoms. The van der Waals surface area contributed by atoms with Gasteiger partial charge in [-0.2, -0.15) is 5.10 Å². The molecule has 0 spiro atoms. The minimum Gasteiger partial charge on any atom is -0.480 e. The van der Waals surface area contributed by atoms with E-state index in [2.05, 4.69) is 25.9 Å². The summed E-state index contributed by atoms with van der Waals surface area (Å²) in [4.78, 5) is 16.4. The molecule has 0 radical (unpaired) electrons. The number of hydrogen-bond donors (Lipinski definition) is 0. The Morgan fingerprint density at radius 2 is 1.91 bits per heavy atom. The summed E-state index contributed by atoms with van der Waals surface area (Å²) in [5.41, 5.74) is 0.328. The monoisotopic (exact) mass is 408 g/mol. The molecular formula is C13H21BrN4O4S. The molecule has 8 nitrogen and oxygen atoms in total. The van der Waals surface area contributed by atoms with E-state index < -0.39 is 9.84 Å². The maximum atomic E-state index is 12.6. The normalized spacial score (nSPS) is 16.6. The summed E-state index contributed by atoms with van der Waals surface area (Å²) < 4.78 is 29.7. The van der Waals surface area contributed by atoms with Gasteiger partial charge in [0, 0.05) is 46.0 Å². The lowest BCUT2D eigenvalue weighted by Crippen LogP contribution is -2.49. The molecule has 1 aliphatic heterocycles. The highest BCUT2D eigenvalue weighted by molar-refractivity contribution is 9.10. The lowest BCUT2D eigenvalue weighted by Gasteiger charge is -2.34. The maximum absolute atomic E-state index is 12.6. The number of aryl methyl sites for hydroxylation is 1. The minimum absolute atomic E-state index is 0.143. The molecule has 1 aliphatic rings. The van der Waals surface area contributed by atoms with Crippen molar-refractivity contribution in [2.45, 2.75) is 0 Å². The fraction of sp³-hybridized carbons (Fsp3) is 0.692. The Morgan fingerprint density at radius 3 is 2.39 bits per heavy atom. The molecule has 0 N–H and O–H groups in total. The average Bonchev–Trinajstić information content (AvgIpc) is 2.78. The highest BCUT2D eigenvalue weighted by atomic mass is 79.9. The standard InChI is InChI=1S/C13H21BrN4O4S/c1-16-13(22-2)10(14)11(15-16)12(19)18-6-4-17(5-7-18)8-9-23(3,20)21/h4-9H2,1-3H3. The Kier molecular flexibility index (Phi) is 5.69. The van der Waals surface area contributed by atoms with Gasteiger partial charge in [0.1, 0.15) is 14.3 Å². The van der Waals surface area contributed by atoms with E-state index in [1.165, 1.54) is 18.0 Å². The largest absolute Gasteiger partial charge is 0.480 e. The number of hydrogen-bond acceptors (Lipinski definition) is 6. The smallest absolute Gasteiger partial charge is 0.275 e. The Bertz CT molecular complexity index is 680. The summed E-state index contributed by atoms with van der Waals surface area (Å²) >= 11 is 3.36. The quantitative estimate of drug-likeness (QED) is 0.681. The number of rotatable bonds is 5. The van der Waals surface area contributed by atoms with Crippen LogP contribution in [0.25, 0.3) is 0 Å². The van der Waals surface area contributed by atoms with Crippen molar-refractivity contribution in [1.29, 1.82) is 0 Å². The number of carbonyl (C=O) groups excluding carboxylic acids is 1. The lowest BCUT2D eigenvalue weighted by atomic mass is 10.3. The van der Waals surface area contributed by atoms with E-state index >= 15 is 0 Å². The van der Waals surface area contributed by atoms with Gasteiger partial charge in [0.2, 0.25) is 5.88 Å². The summed E-state index contributed by atoms with van der Waals surface area (Å²) in [5, 5.41) is 4.20. The van der Waals surface area contributed by atoms with Crippen molar-refractivity contribution in [2.75, 3.05) is 51.8 Å². The van der Waals surface area contributed by atoms with Gasteiger partial charge in [0.25, 0.3) is 5.91 Å². The molecule has 130 valence electrons. The van der Waals surface area contributed by atoms with E-state index in [-0.39, 0.29) is 11.7 Å². The number of ether oxygens (including phenoxy) is 1. The molecule has 23 heavy (non-hydrogen) atoms. The van der Waals surface area contributed by atoms with Crippen LogP contribution in [0.1, 0.15) is 10.5 Å². The number of methoxy groups -OCH3 is 1. The van der Waals surface area contributed by atoms with Gasteiger partial charge in [-0.05, 0) is 15.9 Å². The molecule has 0 saturated carbocycles. The van der Waals surface area contributed by atoms with Gasteiger partial charge in [-0.3, -0.25) is 9.69 Å². The molecule has 0 atom stereocenters. The molecular weight excluding hydrogens is 388 g/mol. The molecule has 0 bridgehead atoms. The zero-order chi connectivity index (χ0) is 17.2. The molecule has 2 heterocycles. The number of aromatic nitrogens is 2. The maximum Gasteiger partial charge on any atom is 0.275 e. The molecule has 1 aromatic rings. The molecule has 2 rings (SSSR count). The average molecular weight is 409 g/mol. The summed E-state index contributed by atoms with van der Waals surface area (Å²) in [6.45, 7) is 2.91. The van der Waals surface area contributed by atoms with Crippen LogP contribution in [0.5, 0.6) is 5.88 Å². The van der Waals surface area contributed by atoms with Crippen molar-refractivity contribution < 1.29 is 17.9 Å². The van der Waals surface area contributed by atoms with E-state index in [0.29, 0.717) is 48.8 Å². The van der Waals surface area contributed by atoms with Gasteiger partial charge in [-0.15, -0.1) is 0 Å². The van der Waals surface area contributed by atoms with E-state index in [1.54, 1.807) is 11.9 Å². The van der Waals surface area contributed by atoms with Crippen LogP contribution in [0, 0.1) is 0 Å². The topological polar surface area (TPSA) is 84.7 Å². The van der Waals surface area contributed by atoms with Crippen molar-refractivity contribution in [3.05, 3.63) is 10.2 Å². The van der Waals surface area contributed by atoms with Crippen LogP contribution < -0.4 is 4.74 Å². The van der Waals surface area contributed by atoms with Gasteiger partial charge in [0.15, 0.2) is 5.69 Å². The Balaban J connectivity index is 1.96. The van der Waals surface area contributed by atoms with Gasteiger partial charge < -0.3 is 9.64 Å². The van der Waals surface area contributed by atoms with Crippen LogP contribution in [-0.2, 0) is 16.9 Å². The van der Waals surface area contributed by atoms with Crippen molar-refractivity contribution in [2.24, 2.45) is 7.05 Å². The number of sulfone groups is 1. The van der Waals surface area contributed by atoms with Crippen LogP contribution in [0.2, 0.25) is 0 Å². The molecule has 1 fully saturated rings. The third-order valence-corrected chi connectivity index (χ3v) is 5.41. The third-order valence-electron chi connectivity index (χ3n) is 3.77. The van der Waals surface area contributed by atoms with Crippen LogP contribution in [0.4, 0.5) is 0 Å². The SMILES string of the molecule is COc1c(Br)c(C(=O)N2CCN(CCS(C)(=O)=O)CC2)nn1C. The molecule has 0 aromatic carbocycles. The summed E-state index contributed by atoms with van der Waals surface area (Å²) in [5.74, 6) is 0.489. The second kappa shape index (κ2) is 7.18. The summed E-state index contributed by atoms with van der Waals surface area (Å²) in [6.07, 6.45) is 1.23. The third kappa shape index (κ3) is 4.45. The van der Waals surface area contributed by atoms with Crippen LogP contribution in [-0.4, -0.2) is 85.7 Å². The number of amides is 1. The first-order valence-corrected chi connectivity index (χ1v) is 10.0. The first-order chi connectivity index (χ1) is 10.7. The molecule has 1 amide bonds. The second-order valence-corrected chi connectivity index (χ2v) is 8.61. The van der Waals surface area contributed by atoms with Crippen molar-refractivity contribution >= 4 is 31.7 Å². The first kappa shape index (κ1) is 18.2. The predicted molar refractivity (Wildman–Crippen MR) is 89.5 cm³/mol. The summed E-state index contributed by atoms with van der Waals surface area (Å²) in [6, 6.07) is 0. The van der Waals surface area contributed by atoms with Crippen LogP contribution in [0.3, 0.4) is 0 Å². The predicted octanol–water partition coefficient (Wildman–Crippen LogP) is -0.00640. The van der Waals surface area contributed by atoms with Gasteiger partial charge >= 0.3 is 0 Å². The minimum atomic E-state index is -2.96. The van der Waals surface area contributed by atoms with E-state index in [4.69, 9.17) is 4.74 Å². The zero-order valence-corrected chi connectivity index (χ0v) is 15.9. The van der Waals surface area contributed by atoms with Crippen molar-refractivity contribution in [1.82, 2.24) is 19.6 Å². The number of carbonyl (C=O) groups is 1. The fourth-order valence-electron chi connectivity index (χ4n) is 2.46. The summed E-state index contributed by atoms with van der Waals surface area (Å²) in [7, 11) is 0.274. The van der Waals surface area contributed by atoms with Gasteiger partial charge in [-0.1, -0.05) is 0 Å². The van der Waals surface area contributed by atoms with Gasteiger partial charge in [0.05, 0.1) is 12.9 Å². The van der Waals surface area contributed by atoms with Gasteiger partial charge in [-0.25, -0.2) is 13.1 Å². The number of piperazine rings is 1.